The Morgan fingerprint density at radius 3 is 0.765 bits per heavy atom. The van der Waals surface area contributed by atoms with Crippen LogP contribution in [-0.2, 0) is 28.6 Å². The molecule has 2 atom stereocenters. The van der Waals surface area contributed by atoms with Crippen molar-refractivity contribution in [2.24, 2.45) is 5.92 Å². The first-order chi connectivity index (χ1) is 33.4. The van der Waals surface area contributed by atoms with Gasteiger partial charge in [0.05, 0.1) is 0 Å². The summed E-state index contributed by atoms with van der Waals surface area (Å²) in [5.74, 6) is 0.0796. The first kappa shape index (κ1) is 66.4. The van der Waals surface area contributed by atoms with E-state index in [4.69, 9.17) is 14.2 Å². The van der Waals surface area contributed by atoms with Crippen LogP contribution < -0.4 is 0 Å². The van der Waals surface area contributed by atoms with E-state index in [-0.39, 0.29) is 31.1 Å². The predicted octanol–water partition coefficient (Wildman–Crippen LogP) is 20.6. The summed E-state index contributed by atoms with van der Waals surface area (Å²) in [6.45, 7) is 9.12. The SMILES string of the molecule is CCCCCCCCCCCCCCCCCC(=O)O[C@@H](COC(=O)CCCCCCCCCCCCCCC)COC(=O)CCCCCCCCCCCCCCCCCCCCC(C)CC. The second-order valence-corrected chi connectivity index (χ2v) is 21.6. The maximum absolute atomic E-state index is 12.9. The van der Waals surface area contributed by atoms with Crippen molar-refractivity contribution in [3.05, 3.63) is 0 Å². The van der Waals surface area contributed by atoms with Crippen molar-refractivity contribution in [1.82, 2.24) is 0 Å². The molecule has 0 amide bonds. The van der Waals surface area contributed by atoms with Gasteiger partial charge in [0.2, 0.25) is 0 Å². The molecule has 68 heavy (non-hydrogen) atoms. The van der Waals surface area contributed by atoms with Crippen molar-refractivity contribution in [2.45, 2.75) is 361 Å². The summed E-state index contributed by atoms with van der Waals surface area (Å²) in [6.07, 6.45) is 62.4. The summed E-state index contributed by atoms with van der Waals surface area (Å²) in [5, 5.41) is 0. The molecule has 0 aromatic carbocycles. The average Bonchev–Trinajstić information content (AvgIpc) is 3.34. The lowest BCUT2D eigenvalue weighted by Gasteiger charge is -2.18. The van der Waals surface area contributed by atoms with Gasteiger partial charge in [-0.3, -0.25) is 14.4 Å². The minimum absolute atomic E-state index is 0.0613. The zero-order valence-corrected chi connectivity index (χ0v) is 46.6. The summed E-state index contributed by atoms with van der Waals surface area (Å²) in [4.78, 5) is 38.2. The van der Waals surface area contributed by atoms with Crippen LogP contribution in [0.3, 0.4) is 0 Å². The molecule has 0 aromatic heterocycles. The van der Waals surface area contributed by atoms with Crippen molar-refractivity contribution >= 4 is 17.9 Å². The molecule has 1 unspecified atom stereocenters. The minimum Gasteiger partial charge on any atom is -0.462 e. The van der Waals surface area contributed by atoms with Crippen molar-refractivity contribution in [2.75, 3.05) is 13.2 Å². The quantitative estimate of drug-likeness (QED) is 0.0343. The average molecular weight is 962 g/mol. The third-order valence-corrected chi connectivity index (χ3v) is 14.7. The highest BCUT2D eigenvalue weighted by molar-refractivity contribution is 5.71. The Bertz CT molecular complexity index is 1030. The van der Waals surface area contributed by atoms with Gasteiger partial charge in [-0.25, -0.2) is 0 Å². The van der Waals surface area contributed by atoms with Crippen molar-refractivity contribution in [1.29, 1.82) is 0 Å². The van der Waals surface area contributed by atoms with E-state index in [2.05, 4.69) is 27.7 Å². The molecule has 0 aliphatic carbocycles. The smallest absolute Gasteiger partial charge is 0.306 e. The van der Waals surface area contributed by atoms with E-state index in [1.807, 2.05) is 0 Å². The molecule has 6 nitrogen and oxygen atoms in total. The van der Waals surface area contributed by atoms with E-state index < -0.39 is 6.10 Å². The molecule has 0 aliphatic rings. The number of esters is 3. The summed E-state index contributed by atoms with van der Waals surface area (Å²) in [6, 6.07) is 0. The first-order valence-electron chi connectivity index (χ1n) is 30.9. The Balaban J connectivity index is 4.23. The van der Waals surface area contributed by atoms with Crippen LogP contribution in [0.15, 0.2) is 0 Å². The van der Waals surface area contributed by atoms with Gasteiger partial charge in [-0.2, -0.15) is 0 Å². The van der Waals surface area contributed by atoms with Gasteiger partial charge in [-0.15, -0.1) is 0 Å². The molecule has 0 N–H and O–H groups in total. The number of carbonyl (C=O) groups excluding carboxylic acids is 3. The molecule has 0 saturated heterocycles. The Morgan fingerprint density at radius 2 is 0.515 bits per heavy atom. The van der Waals surface area contributed by atoms with Gasteiger partial charge in [-0.05, 0) is 25.2 Å². The third kappa shape index (κ3) is 53.8. The minimum atomic E-state index is -0.762. The lowest BCUT2D eigenvalue weighted by molar-refractivity contribution is -0.167. The second kappa shape index (κ2) is 56.3. The Morgan fingerprint density at radius 1 is 0.294 bits per heavy atom. The van der Waals surface area contributed by atoms with Gasteiger partial charge in [0, 0.05) is 19.3 Å². The Labute approximate surface area is 425 Å². The zero-order chi connectivity index (χ0) is 49.5. The summed E-state index contributed by atoms with van der Waals surface area (Å²) in [7, 11) is 0. The van der Waals surface area contributed by atoms with Gasteiger partial charge in [0.25, 0.3) is 0 Å². The van der Waals surface area contributed by atoms with Gasteiger partial charge in [0.1, 0.15) is 13.2 Å². The largest absolute Gasteiger partial charge is 0.462 e. The molecule has 0 spiro atoms. The van der Waals surface area contributed by atoms with Crippen molar-refractivity contribution < 1.29 is 28.6 Å². The van der Waals surface area contributed by atoms with Crippen LogP contribution in [0.25, 0.3) is 0 Å². The van der Waals surface area contributed by atoms with Gasteiger partial charge >= 0.3 is 17.9 Å². The highest BCUT2D eigenvalue weighted by Gasteiger charge is 2.19. The lowest BCUT2D eigenvalue weighted by Crippen LogP contribution is -2.30. The lowest BCUT2D eigenvalue weighted by atomic mass is 9.99. The van der Waals surface area contributed by atoms with E-state index in [1.54, 1.807) is 0 Å². The fourth-order valence-electron chi connectivity index (χ4n) is 9.60. The molecular weight excluding hydrogens is 841 g/mol. The summed E-state index contributed by atoms with van der Waals surface area (Å²) >= 11 is 0. The molecule has 0 fully saturated rings. The van der Waals surface area contributed by atoms with Gasteiger partial charge in [0.15, 0.2) is 6.10 Å². The van der Waals surface area contributed by atoms with Crippen molar-refractivity contribution in [3.8, 4) is 0 Å². The highest BCUT2D eigenvalue weighted by atomic mass is 16.6. The maximum atomic E-state index is 12.9. The standard InChI is InChI=1S/C62H120O6/c1-5-8-10-12-14-16-18-20-25-31-35-39-43-47-51-55-62(65)68-59(56-66-60(63)53-49-45-41-37-33-28-19-17-15-13-11-9-6-2)57-67-61(64)54-50-46-42-38-34-30-27-24-22-21-23-26-29-32-36-40-44-48-52-58(4)7-3/h58-59H,5-57H2,1-4H3/t58?,59-/m0/s1. The van der Waals surface area contributed by atoms with Crippen LogP contribution in [0.2, 0.25) is 0 Å². The van der Waals surface area contributed by atoms with E-state index >= 15 is 0 Å². The maximum Gasteiger partial charge on any atom is 0.306 e. The van der Waals surface area contributed by atoms with E-state index in [1.165, 1.54) is 250 Å². The van der Waals surface area contributed by atoms with Crippen LogP contribution in [0.4, 0.5) is 0 Å². The molecule has 0 aromatic rings. The Hall–Kier alpha value is -1.59. The third-order valence-electron chi connectivity index (χ3n) is 14.7. The summed E-state index contributed by atoms with van der Waals surface area (Å²) in [5.41, 5.74) is 0. The van der Waals surface area contributed by atoms with Gasteiger partial charge < -0.3 is 14.2 Å². The number of hydrogen-bond donors (Lipinski definition) is 0. The van der Waals surface area contributed by atoms with E-state index in [9.17, 15) is 14.4 Å². The molecule has 0 saturated carbocycles. The molecule has 0 rings (SSSR count). The zero-order valence-electron chi connectivity index (χ0n) is 46.6. The van der Waals surface area contributed by atoms with E-state index in [0.717, 1.165) is 63.7 Å². The van der Waals surface area contributed by atoms with Crippen LogP contribution >= 0.6 is 0 Å². The number of hydrogen-bond acceptors (Lipinski definition) is 6. The van der Waals surface area contributed by atoms with Gasteiger partial charge in [-0.1, -0.05) is 317 Å². The molecule has 0 aliphatic heterocycles. The molecule has 404 valence electrons. The highest BCUT2D eigenvalue weighted by Crippen LogP contribution is 2.19. The van der Waals surface area contributed by atoms with Crippen LogP contribution in [0.1, 0.15) is 355 Å². The van der Waals surface area contributed by atoms with Crippen molar-refractivity contribution in [3.63, 3.8) is 0 Å². The molecular formula is C62H120O6. The molecule has 0 bridgehead atoms. The molecule has 6 heteroatoms. The topological polar surface area (TPSA) is 78.9 Å². The monoisotopic (exact) mass is 961 g/mol. The van der Waals surface area contributed by atoms with E-state index in [0.29, 0.717) is 19.3 Å². The first-order valence-corrected chi connectivity index (χ1v) is 30.9. The fraction of sp³-hybridized carbons (Fsp3) is 0.952. The van der Waals surface area contributed by atoms with Crippen LogP contribution in [0.5, 0.6) is 0 Å². The summed E-state index contributed by atoms with van der Waals surface area (Å²) < 4.78 is 16.9. The normalized spacial score (nSPS) is 12.4. The molecule has 0 radical (unpaired) electrons. The Kier molecular flexibility index (Phi) is 55.0. The number of ether oxygens (including phenoxy) is 3. The number of rotatable bonds is 57. The van der Waals surface area contributed by atoms with Crippen LogP contribution in [0, 0.1) is 5.92 Å². The van der Waals surface area contributed by atoms with Crippen LogP contribution in [-0.4, -0.2) is 37.2 Å². The number of carbonyl (C=O) groups is 3. The second-order valence-electron chi connectivity index (χ2n) is 21.6. The number of unbranched alkanes of at least 4 members (excludes halogenated alkanes) is 43. The molecule has 0 heterocycles. The fourth-order valence-corrected chi connectivity index (χ4v) is 9.60. The predicted molar refractivity (Wildman–Crippen MR) is 293 cm³/mol.